The number of nitrogens with zero attached hydrogens (tertiary/aromatic N) is 3. The Hall–Kier alpha value is -2.69. The van der Waals surface area contributed by atoms with Crippen molar-refractivity contribution >= 4 is 17.2 Å². The monoisotopic (exact) mass is 365 g/mol. The molecule has 2 aliphatic heterocycles. The minimum Gasteiger partial charge on any atom is -0.504 e. The zero-order chi connectivity index (χ0) is 18.8. The van der Waals surface area contributed by atoms with E-state index in [1.165, 1.54) is 25.7 Å². The van der Waals surface area contributed by atoms with Crippen molar-refractivity contribution in [3.8, 4) is 11.5 Å². The van der Waals surface area contributed by atoms with Crippen molar-refractivity contribution in [1.82, 2.24) is 4.98 Å². The van der Waals surface area contributed by atoms with Crippen LogP contribution < -0.4 is 14.5 Å². The lowest BCUT2D eigenvalue weighted by molar-refractivity contribution is 0.373. The fraction of sp³-hybridized carbons (Fsp3) is 0.409. The van der Waals surface area contributed by atoms with Crippen molar-refractivity contribution in [3.63, 3.8) is 0 Å². The van der Waals surface area contributed by atoms with Gasteiger partial charge in [-0.1, -0.05) is 12.6 Å². The summed E-state index contributed by atoms with van der Waals surface area (Å²) in [5.41, 5.74) is 2.83. The summed E-state index contributed by atoms with van der Waals surface area (Å²) in [6.07, 6.45) is 4.88. The normalized spacial score (nSPS) is 16.8. The number of benzene rings is 1. The van der Waals surface area contributed by atoms with Crippen LogP contribution in [0.3, 0.4) is 0 Å². The van der Waals surface area contributed by atoms with Crippen LogP contribution in [0.4, 0.5) is 11.6 Å². The fourth-order valence-corrected chi connectivity index (χ4v) is 3.94. The highest BCUT2D eigenvalue weighted by atomic mass is 16.5. The van der Waals surface area contributed by atoms with Gasteiger partial charge in [0.15, 0.2) is 11.5 Å². The van der Waals surface area contributed by atoms with E-state index >= 15 is 0 Å². The fourth-order valence-electron chi connectivity index (χ4n) is 3.94. The lowest BCUT2D eigenvalue weighted by Crippen LogP contribution is -2.23. The summed E-state index contributed by atoms with van der Waals surface area (Å²) in [4.78, 5) is 9.69. The van der Waals surface area contributed by atoms with Gasteiger partial charge in [-0.05, 0) is 66.6 Å². The number of hydrogen-bond acceptors (Lipinski definition) is 5. The first-order chi connectivity index (χ1) is 13.2. The molecule has 2 saturated heterocycles. The summed E-state index contributed by atoms with van der Waals surface area (Å²) < 4.78 is 5.16. The summed E-state index contributed by atoms with van der Waals surface area (Å²) in [5, 5.41) is 10.1. The van der Waals surface area contributed by atoms with E-state index in [1.54, 1.807) is 19.2 Å². The molecular formula is C22H27N3O2. The molecule has 0 bridgehead atoms. The average Bonchev–Trinajstić information content (AvgIpc) is 3.40. The standard InChI is InChI=1S/C22H27N3O2/c1-16(17-7-8-20(27-2)19(26)13-17)18-14-21(24-9-3-4-10-24)23-22(15-18)25-11-5-6-12-25/h7-8,13-15,26H,1,3-6,9-12H2,2H3. The maximum absolute atomic E-state index is 10.1. The maximum Gasteiger partial charge on any atom is 0.160 e. The number of anilines is 2. The SMILES string of the molecule is C=C(c1cc(N2CCCC2)nc(N2CCCC2)c1)c1ccc(OC)c(O)c1. The van der Waals surface area contributed by atoms with E-state index in [0.717, 1.165) is 54.5 Å². The van der Waals surface area contributed by atoms with Gasteiger partial charge in [-0.3, -0.25) is 0 Å². The Kier molecular flexibility index (Phi) is 4.92. The van der Waals surface area contributed by atoms with E-state index in [9.17, 15) is 5.11 Å². The molecule has 5 heteroatoms. The number of hydrogen-bond donors (Lipinski definition) is 1. The Labute approximate surface area is 160 Å². The van der Waals surface area contributed by atoms with Gasteiger partial charge in [0.1, 0.15) is 11.6 Å². The summed E-state index contributed by atoms with van der Waals surface area (Å²) in [6.45, 7) is 8.56. The first-order valence-electron chi connectivity index (χ1n) is 9.74. The third-order valence-corrected chi connectivity index (χ3v) is 5.53. The molecule has 0 aliphatic carbocycles. The largest absolute Gasteiger partial charge is 0.504 e. The maximum atomic E-state index is 10.1. The van der Waals surface area contributed by atoms with Crippen LogP contribution in [0.2, 0.25) is 0 Å². The molecule has 5 nitrogen and oxygen atoms in total. The Morgan fingerprint density at radius 1 is 0.926 bits per heavy atom. The predicted molar refractivity (Wildman–Crippen MR) is 110 cm³/mol. The summed E-state index contributed by atoms with van der Waals surface area (Å²) in [7, 11) is 1.55. The molecule has 0 saturated carbocycles. The van der Waals surface area contributed by atoms with Crippen LogP contribution in [0, 0.1) is 0 Å². The van der Waals surface area contributed by atoms with Crippen LogP contribution in [0.15, 0.2) is 36.9 Å². The Morgan fingerprint density at radius 2 is 1.48 bits per heavy atom. The van der Waals surface area contributed by atoms with Gasteiger partial charge in [-0.25, -0.2) is 4.98 Å². The van der Waals surface area contributed by atoms with Gasteiger partial charge in [0.2, 0.25) is 0 Å². The highest BCUT2D eigenvalue weighted by Gasteiger charge is 2.20. The number of aromatic hydroxyl groups is 1. The van der Waals surface area contributed by atoms with E-state index < -0.39 is 0 Å². The number of pyridine rings is 1. The second-order valence-corrected chi connectivity index (χ2v) is 7.33. The van der Waals surface area contributed by atoms with E-state index in [-0.39, 0.29) is 5.75 Å². The second kappa shape index (κ2) is 7.51. The topological polar surface area (TPSA) is 48.8 Å². The summed E-state index contributed by atoms with van der Waals surface area (Å²) in [5.74, 6) is 2.66. The van der Waals surface area contributed by atoms with Crippen LogP contribution >= 0.6 is 0 Å². The molecular weight excluding hydrogens is 338 g/mol. The average molecular weight is 365 g/mol. The lowest BCUT2D eigenvalue weighted by Gasteiger charge is -2.23. The van der Waals surface area contributed by atoms with Gasteiger partial charge in [-0.15, -0.1) is 0 Å². The number of phenolic OH excluding ortho intramolecular Hbond substituents is 1. The molecule has 0 unspecified atom stereocenters. The third-order valence-electron chi connectivity index (χ3n) is 5.53. The minimum absolute atomic E-state index is 0.129. The van der Waals surface area contributed by atoms with E-state index in [4.69, 9.17) is 9.72 Å². The first-order valence-corrected chi connectivity index (χ1v) is 9.74. The number of methoxy groups -OCH3 is 1. The molecule has 4 rings (SSSR count). The summed E-state index contributed by atoms with van der Waals surface area (Å²) in [6, 6.07) is 9.70. The number of rotatable bonds is 5. The van der Waals surface area contributed by atoms with Crippen molar-refractivity contribution in [2.75, 3.05) is 43.1 Å². The van der Waals surface area contributed by atoms with Crippen LogP contribution in [-0.4, -0.2) is 43.4 Å². The number of phenols is 1. The number of ether oxygens (including phenoxy) is 1. The molecule has 2 fully saturated rings. The van der Waals surface area contributed by atoms with Crippen molar-refractivity contribution in [2.24, 2.45) is 0 Å². The lowest BCUT2D eigenvalue weighted by atomic mass is 9.99. The van der Waals surface area contributed by atoms with Crippen molar-refractivity contribution in [2.45, 2.75) is 25.7 Å². The second-order valence-electron chi connectivity index (χ2n) is 7.33. The molecule has 1 aromatic heterocycles. The van der Waals surface area contributed by atoms with E-state index in [1.807, 2.05) is 6.07 Å². The van der Waals surface area contributed by atoms with Gasteiger partial charge in [0.05, 0.1) is 7.11 Å². The molecule has 1 aromatic carbocycles. The molecule has 0 spiro atoms. The van der Waals surface area contributed by atoms with Gasteiger partial charge >= 0.3 is 0 Å². The van der Waals surface area contributed by atoms with Crippen LogP contribution in [0.5, 0.6) is 11.5 Å². The van der Waals surface area contributed by atoms with Crippen molar-refractivity contribution < 1.29 is 9.84 Å². The minimum atomic E-state index is 0.129. The molecule has 2 aromatic rings. The van der Waals surface area contributed by atoms with Crippen LogP contribution in [0.1, 0.15) is 36.8 Å². The Bertz CT molecular complexity index is 803. The van der Waals surface area contributed by atoms with Crippen molar-refractivity contribution in [1.29, 1.82) is 0 Å². The smallest absolute Gasteiger partial charge is 0.160 e. The van der Waals surface area contributed by atoms with E-state index in [2.05, 4.69) is 28.5 Å². The number of aromatic nitrogens is 1. The first kappa shape index (κ1) is 17.7. The zero-order valence-electron chi connectivity index (χ0n) is 15.9. The molecule has 3 heterocycles. The molecule has 0 atom stereocenters. The quantitative estimate of drug-likeness (QED) is 0.866. The van der Waals surface area contributed by atoms with Gasteiger partial charge in [0, 0.05) is 26.2 Å². The molecule has 142 valence electrons. The van der Waals surface area contributed by atoms with Gasteiger partial charge in [0.25, 0.3) is 0 Å². The van der Waals surface area contributed by atoms with Crippen LogP contribution in [0.25, 0.3) is 5.57 Å². The summed E-state index contributed by atoms with van der Waals surface area (Å²) >= 11 is 0. The molecule has 0 radical (unpaired) electrons. The highest BCUT2D eigenvalue weighted by Crippen LogP contribution is 2.34. The van der Waals surface area contributed by atoms with E-state index in [0.29, 0.717) is 5.75 Å². The third kappa shape index (κ3) is 3.59. The molecule has 0 amide bonds. The Morgan fingerprint density at radius 3 is 1.96 bits per heavy atom. The molecule has 2 aliphatic rings. The Balaban J connectivity index is 1.71. The van der Waals surface area contributed by atoms with Gasteiger partial charge < -0.3 is 19.6 Å². The zero-order valence-corrected chi connectivity index (χ0v) is 15.9. The van der Waals surface area contributed by atoms with Crippen LogP contribution in [-0.2, 0) is 0 Å². The molecule has 27 heavy (non-hydrogen) atoms. The highest BCUT2D eigenvalue weighted by molar-refractivity contribution is 5.81. The van der Waals surface area contributed by atoms with Crippen molar-refractivity contribution in [3.05, 3.63) is 48.0 Å². The predicted octanol–water partition coefficient (Wildman–Crippen LogP) is 4.06. The molecule has 1 N–H and O–H groups in total. The van der Waals surface area contributed by atoms with Gasteiger partial charge in [-0.2, -0.15) is 0 Å².